The number of hydrogen-bond acceptors (Lipinski definition) is 2. The summed E-state index contributed by atoms with van der Waals surface area (Å²) in [5, 5.41) is 9.03. The van der Waals surface area contributed by atoms with Crippen LogP contribution in [0, 0.1) is 17.3 Å². The average molecular weight is 248 g/mol. The molecule has 2 aliphatic rings. The van der Waals surface area contributed by atoms with Crippen molar-refractivity contribution < 1.29 is 14.7 Å². The molecule has 0 heterocycles. The van der Waals surface area contributed by atoms with Crippen LogP contribution in [0.15, 0.2) is 23.8 Å². The smallest absolute Gasteiger partial charge is 0.331 e. The van der Waals surface area contributed by atoms with E-state index in [0.29, 0.717) is 17.9 Å². The van der Waals surface area contributed by atoms with Gasteiger partial charge >= 0.3 is 5.97 Å². The van der Waals surface area contributed by atoms with Crippen LogP contribution in [-0.2, 0) is 9.59 Å². The maximum Gasteiger partial charge on any atom is 0.331 e. The van der Waals surface area contributed by atoms with Gasteiger partial charge in [-0.3, -0.25) is 4.79 Å². The Morgan fingerprint density at radius 2 is 2.22 bits per heavy atom. The van der Waals surface area contributed by atoms with E-state index in [1.54, 1.807) is 6.08 Å². The number of fused-ring (bicyclic) bond motifs is 1. The van der Waals surface area contributed by atoms with E-state index in [1.165, 1.54) is 0 Å². The SMILES string of the molecule is C=C(C(=O)O)C1CCC2(C)CC(=O)C=C(C)C2C1. The molecule has 2 aliphatic carbocycles. The molecule has 0 aliphatic heterocycles. The third kappa shape index (κ3) is 2.14. The average Bonchev–Trinajstić information content (AvgIpc) is 2.26. The second-order valence-electron chi connectivity index (χ2n) is 6.04. The highest BCUT2D eigenvalue weighted by Gasteiger charge is 2.44. The summed E-state index contributed by atoms with van der Waals surface area (Å²) >= 11 is 0. The Balaban J connectivity index is 2.22. The van der Waals surface area contributed by atoms with Crippen LogP contribution in [0.2, 0.25) is 0 Å². The number of allylic oxidation sites excluding steroid dienone is 2. The number of carboxylic acids is 1. The van der Waals surface area contributed by atoms with E-state index in [4.69, 9.17) is 5.11 Å². The van der Waals surface area contributed by atoms with Crippen molar-refractivity contribution in [3.8, 4) is 0 Å². The van der Waals surface area contributed by atoms with Crippen molar-refractivity contribution in [3.63, 3.8) is 0 Å². The molecule has 1 fully saturated rings. The maximum atomic E-state index is 11.7. The van der Waals surface area contributed by atoms with Gasteiger partial charge in [-0.05, 0) is 49.5 Å². The molecule has 3 heteroatoms. The highest BCUT2D eigenvalue weighted by molar-refractivity contribution is 5.92. The van der Waals surface area contributed by atoms with Gasteiger partial charge in [0.25, 0.3) is 0 Å². The summed E-state index contributed by atoms with van der Waals surface area (Å²) in [6.45, 7) is 7.84. The van der Waals surface area contributed by atoms with E-state index >= 15 is 0 Å². The van der Waals surface area contributed by atoms with E-state index in [2.05, 4.69) is 13.5 Å². The van der Waals surface area contributed by atoms with Gasteiger partial charge in [0.05, 0.1) is 0 Å². The molecule has 98 valence electrons. The normalized spacial score (nSPS) is 35.7. The summed E-state index contributed by atoms with van der Waals surface area (Å²) in [5.74, 6) is -0.305. The quantitative estimate of drug-likeness (QED) is 0.764. The number of rotatable bonds is 2. The van der Waals surface area contributed by atoms with Crippen LogP contribution in [0.1, 0.15) is 39.5 Å². The van der Waals surface area contributed by atoms with Crippen molar-refractivity contribution in [1.82, 2.24) is 0 Å². The monoisotopic (exact) mass is 248 g/mol. The first-order valence-corrected chi connectivity index (χ1v) is 6.46. The lowest BCUT2D eigenvalue weighted by molar-refractivity contribution is -0.133. The van der Waals surface area contributed by atoms with Crippen LogP contribution in [0.3, 0.4) is 0 Å². The lowest BCUT2D eigenvalue weighted by atomic mass is 9.57. The standard InChI is InChI=1S/C15H20O3/c1-9-6-12(16)8-15(3)5-4-11(7-13(9)15)10(2)14(17)18/h6,11,13H,2,4-5,7-8H2,1,3H3,(H,17,18). The molecule has 3 unspecified atom stereocenters. The third-order valence-corrected chi connectivity index (χ3v) is 4.71. The first-order chi connectivity index (χ1) is 8.33. The number of carbonyl (C=O) groups is 2. The topological polar surface area (TPSA) is 54.4 Å². The Morgan fingerprint density at radius 1 is 1.56 bits per heavy atom. The van der Waals surface area contributed by atoms with Crippen LogP contribution in [0.5, 0.6) is 0 Å². The van der Waals surface area contributed by atoms with Gasteiger partial charge in [-0.15, -0.1) is 0 Å². The predicted molar refractivity (Wildman–Crippen MR) is 69.1 cm³/mol. The van der Waals surface area contributed by atoms with E-state index in [-0.39, 0.29) is 17.1 Å². The van der Waals surface area contributed by atoms with E-state index in [9.17, 15) is 9.59 Å². The Bertz CT molecular complexity index is 447. The predicted octanol–water partition coefficient (Wildman–Crippen LogP) is 2.97. The third-order valence-electron chi connectivity index (χ3n) is 4.71. The zero-order valence-corrected chi connectivity index (χ0v) is 11.0. The number of carboxylic acid groups (broad SMARTS) is 1. The molecule has 18 heavy (non-hydrogen) atoms. The van der Waals surface area contributed by atoms with Crippen molar-refractivity contribution >= 4 is 11.8 Å². The molecule has 2 rings (SSSR count). The highest BCUT2D eigenvalue weighted by Crippen LogP contribution is 2.52. The molecule has 3 atom stereocenters. The summed E-state index contributed by atoms with van der Waals surface area (Å²) in [5.41, 5.74) is 1.45. The molecule has 0 saturated heterocycles. The van der Waals surface area contributed by atoms with E-state index < -0.39 is 5.97 Å². The van der Waals surface area contributed by atoms with Crippen LogP contribution in [0.4, 0.5) is 0 Å². The molecule has 0 amide bonds. The van der Waals surface area contributed by atoms with Crippen molar-refractivity contribution in [2.24, 2.45) is 17.3 Å². The fraction of sp³-hybridized carbons (Fsp3) is 0.600. The lowest BCUT2D eigenvalue weighted by Gasteiger charge is -2.47. The minimum atomic E-state index is -0.892. The molecular formula is C15H20O3. The zero-order chi connectivity index (χ0) is 13.5. The van der Waals surface area contributed by atoms with Gasteiger partial charge < -0.3 is 5.11 Å². The number of hydrogen-bond donors (Lipinski definition) is 1. The maximum absolute atomic E-state index is 11.7. The number of carbonyl (C=O) groups excluding carboxylic acids is 1. The molecule has 1 N–H and O–H groups in total. The van der Waals surface area contributed by atoms with Crippen LogP contribution >= 0.6 is 0 Å². The molecule has 0 spiro atoms. The summed E-state index contributed by atoms with van der Waals surface area (Å²) in [7, 11) is 0. The second kappa shape index (κ2) is 4.38. The molecule has 0 aromatic rings. The molecule has 1 saturated carbocycles. The Labute approximate surface area is 108 Å². The zero-order valence-electron chi connectivity index (χ0n) is 11.0. The summed E-state index contributed by atoms with van der Waals surface area (Å²) in [4.78, 5) is 22.7. The Morgan fingerprint density at radius 3 is 2.83 bits per heavy atom. The van der Waals surface area contributed by atoms with Gasteiger partial charge in [0.2, 0.25) is 0 Å². The van der Waals surface area contributed by atoms with Gasteiger partial charge in [0.1, 0.15) is 0 Å². The molecule has 0 aromatic heterocycles. The van der Waals surface area contributed by atoms with Crippen molar-refractivity contribution in [1.29, 1.82) is 0 Å². The number of aliphatic carboxylic acids is 1. The molecule has 0 aromatic carbocycles. The first-order valence-electron chi connectivity index (χ1n) is 6.46. The van der Waals surface area contributed by atoms with Crippen molar-refractivity contribution in [3.05, 3.63) is 23.8 Å². The molecule has 0 bridgehead atoms. The van der Waals surface area contributed by atoms with Gasteiger partial charge in [0.15, 0.2) is 5.78 Å². The van der Waals surface area contributed by atoms with Gasteiger partial charge in [-0.25, -0.2) is 4.79 Å². The van der Waals surface area contributed by atoms with Crippen LogP contribution in [-0.4, -0.2) is 16.9 Å². The van der Waals surface area contributed by atoms with Gasteiger partial charge in [0, 0.05) is 12.0 Å². The molecule has 3 nitrogen and oxygen atoms in total. The molecule has 0 radical (unpaired) electrons. The highest BCUT2D eigenvalue weighted by atomic mass is 16.4. The van der Waals surface area contributed by atoms with Crippen molar-refractivity contribution in [2.75, 3.05) is 0 Å². The second-order valence-corrected chi connectivity index (χ2v) is 6.04. The summed E-state index contributed by atoms with van der Waals surface area (Å²) < 4.78 is 0. The molecular weight excluding hydrogens is 228 g/mol. The largest absolute Gasteiger partial charge is 0.478 e. The minimum absolute atomic E-state index is 0.0190. The fourth-order valence-electron chi connectivity index (χ4n) is 3.61. The van der Waals surface area contributed by atoms with E-state index in [1.807, 2.05) is 6.92 Å². The summed E-state index contributed by atoms with van der Waals surface area (Å²) in [6, 6.07) is 0. The van der Waals surface area contributed by atoms with Gasteiger partial charge in [-0.2, -0.15) is 0 Å². The number of ketones is 1. The summed E-state index contributed by atoms with van der Waals surface area (Å²) in [6.07, 6.45) is 4.89. The van der Waals surface area contributed by atoms with E-state index in [0.717, 1.165) is 24.8 Å². The van der Waals surface area contributed by atoms with Crippen molar-refractivity contribution in [2.45, 2.75) is 39.5 Å². The van der Waals surface area contributed by atoms with Crippen LogP contribution in [0.25, 0.3) is 0 Å². The lowest BCUT2D eigenvalue weighted by Crippen LogP contribution is -2.40. The van der Waals surface area contributed by atoms with Crippen LogP contribution < -0.4 is 0 Å². The Hall–Kier alpha value is -1.38. The fourth-order valence-corrected chi connectivity index (χ4v) is 3.61. The Kier molecular flexibility index (Phi) is 3.18. The first kappa shape index (κ1) is 13.1. The van der Waals surface area contributed by atoms with Gasteiger partial charge in [-0.1, -0.05) is 19.1 Å². The minimum Gasteiger partial charge on any atom is -0.478 e.